The van der Waals surface area contributed by atoms with Crippen LogP contribution in [0, 0.1) is 5.92 Å². The highest BCUT2D eigenvalue weighted by Gasteiger charge is 2.30. The molecule has 0 N–H and O–H groups in total. The van der Waals surface area contributed by atoms with Gasteiger partial charge in [0.15, 0.2) is 0 Å². The van der Waals surface area contributed by atoms with Gasteiger partial charge in [0, 0.05) is 41.3 Å². The molecular formula is C9H15NO2S. The monoisotopic (exact) mass is 201 g/mol. The van der Waals surface area contributed by atoms with E-state index >= 15 is 0 Å². The second-order valence-electron chi connectivity index (χ2n) is 3.86. The van der Waals surface area contributed by atoms with E-state index in [9.17, 15) is 9.00 Å². The van der Waals surface area contributed by atoms with Gasteiger partial charge in [0.05, 0.1) is 6.54 Å². The molecule has 2 rings (SSSR count). The summed E-state index contributed by atoms with van der Waals surface area (Å²) in [6.07, 6.45) is 2.19. The molecule has 2 fully saturated rings. The fraction of sp³-hybridized carbons (Fsp3) is 0.889. The summed E-state index contributed by atoms with van der Waals surface area (Å²) in [5.41, 5.74) is 0. The molecule has 1 saturated carbocycles. The Bertz CT molecular complexity index is 228. The third-order valence-corrected chi connectivity index (χ3v) is 3.96. The molecular weight excluding hydrogens is 186 g/mol. The summed E-state index contributed by atoms with van der Waals surface area (Å²) in [5.74, 6) is 2.26. The highest BCUT2D eigenvalue weighted by Crippen LogP contribution is 2.29. The van der Waals surface area contributed by atoms with E-state index in [1.807, 2.05) is 0 Å². The molecule has 0 radical (unpaired) electrons. The number of ketones is 1. The van der Waals surface area contributed by atoms with Crippen molar-refractivity contribution in [2.45, 2.75) is 12.8 Å². The molecule has 0 aromatic rings. The van der Waals surface area contributed by atoms with Crippen molar-refractivity contribution in [2.24, 2.45) is 5.92 Å². The summed E-state index contributed by atoms with van der Waals surface area (Å²) in [4.78, 5) is 13.6. The minimum Gasteiger partial charge on any atom is -0.298 e. The van der Waals surface area contributed by atoms with Gasteiger partial charge in [-0.05, 0) is 12.8 Å². The molecule has 3 nitrogen and oxygen atoms in total. The summed E-state index contributed by atoms with van der Waals surface area (Å²) in [6.45, 7) is 2.28. The van der Waals surface area contributed by atoms with E-state index in [1.54, 1.807) is 0 Å². The second kappa shape index (κ2) is 3.88. The van der Waals surface area contributed by atoms with Crippen LogP contribution in [0.4, 0.5) is 0 Å². The molecule has 0 atom stereocenters. The van der Waals surface area contributed by atoms with Crippen LogP contribution >= 0.6 is 0 Å². The van der Waals surface area contributed by atoms with Crippen LogP contribution in [0.2, 0.25) is 0 Å². The first-order valence-corrected chi connectivity index (χ1v) is 6.34. The molecule has 1 heterocycles. The van der Waals surface area contributed by atoms with Gasteiger partial charge in [0.2, 0.25) is 0 Å². The van der Waals surface area contributed by atoms with Gasteiger partial charge in [-0.1, -0.05) is 0 Å². The standard InChI is InChI=1S/C9H15NO2S/c11-9(8-1-2-8)7-10-3-5-13(12)6-4-10/h8H,1-7H2. The van der Waals surface area contributed by atoms with Crippen LogP contribution in [-0.4, -0.2) is 46.0 Å². The van der Waals surface area contributed by atoms with Crippen molar-refractivity contribution in [3.8, 4) is 0 Å². The average molecular weight is 201 g/mol. The van der Waals surface area contributed by atoms with Crippen LogP contribution in [0.15, 0.2) is 0 Å². The van der Waals surface area contributed by atoms with Crippen molar-refractivity contribution in [3.05, 3.63) is 0 Å². The lowest BCUT2D eigenvalue weighted by Crippen LogP contribution is -2.41. The molecule has 0 unspecified atom stereocenters. The maximum Gasteiger partial charge on any atom is 0.149 e. The van der Waals surface area contributed by atoms with Crippen LogP contribution in [0.5, 0.6) is 0 Å². The van der Waals surface area contributed by atoms with Crippen molar-refractivity contribution in [1.29, 1.82) is 0 Å². The smallest absolute Gasteiger partial charge is 0.149 e. The van der Waals surface area contributed by atoms with E-state index in [4.69, 9.17) is 0 Å². The van der Waals surface area contributed by atoms with Crippen LogP contribution in [-0.2, 0) is 15.6 Å². The van der Waals surface area contributed by atoms with Gasteiger partial charge >= 0.3 is 0 Å². The van der Waals surface area contributed by atoms with Gasteiger partial charge in [-0.15, -0.1) is 0 Å². The first-order chi connectivity index (χ1) is 6.25. The summed E-state index contributed by atoms with van der Waals surface area (Å²) in [7, 11) is -0.624. The number of Topliss-reactive ketones (excluding diaryl/α,β-unsaturated/α-hetero) is 1. The third kappa shape index (κ3) is 2.61. The number of rotatable bonds is 3. The molecule has 1 aliphatic carbocycles. The lowest BCUT2D eigenvalue weighted by molar-refractivity contribution is -0.121. The Hall–Kier alpha value is -0.220. The summed E-state index contributed by atoms with van der Waals surface area (Å²) in [5, 5.41) is 0. The lowest BCUT2D eigenvalue weighted by atomic mass is 10.2. The maximum absolute atomic E-state index is 11.4. The third-order valence-electron chi connectivity index (χ3n) is 2.68. The van der Waals surface area contributed by atoms with E-state index in [2.05, 4.69) is 4.90 Å². The fourth-order valence-electron chi connectivity index (χ4n) is 1.59. The quantitative estimate of drug-likeness (QED) is 0.646. The topological polar surface area (TPSA) is 37.4 Å². The Labute approximate surface area is 80.9 Å². The van der Waals surface area contributed by atoms with Crippen LogP contribution in [0.1, 0.15) is 12.8 Å². The van der Waals surface area contributed by atoms with Crippen molar-refractivity contribution in [2.75, 3.05) is 31.1 Å². The molecule has 13 heavy (non-hydrogen) atoms. The predicted molar refractivity (Wildman–Crippen MR) is 52.0 cm³/mol. The normalized spacial score (nSPS) is 26.2. The first kappa shape index (κ1) is 9.34. The van der Waals surface area contributed by atoms with Crippen molar-refractivity contribution in [1.82, 2.24) is 4.90 Å². The summed E-state index contributed by atoms with van der Waals surface area (Å²) >= 11 is 0. The van der Waals surface area contributed by atoms with Crippen LogP contribution in [0.25, 0.3) is 0 Å². The van der Waals surface area contributed by atoms with Gasteiger partial charge in [-0.2, -0.15) is 0 Å². The minimum atomic E-state index is -0.624. The molecule has 0 amide bonds. The first-order valence-electron chi connectivity index (χ1n) is 4.86. The molecule has 0 spiro atoms. The van der Waals surface area contributed by atoms with Gasteiger partial charge in [-0.3, -0.25) is 13.9 Å². The number of hydrogen-bond acceptors (Lipinski definition) is 3. The van der Waals surface area contributed by atoms with Gasteiger partial charge < -0.3 is 0 Å². The Morgan fingerprint density at radius 2 is 1.92 bits per heavy atom. The van der Waals surface area contributed by atoms with Crippen LogP contribution < -0.4 is 0 Å². The average Bonchev–Trinajstić information content (AvgIpc) is 2.91. The summed E-state index contributed by atoms with van der Waals surface area (Å²) in [6, 6.07) is 0. The van der Waals surface area contributed by atoms with Gasteiger partial charge in [0.25, 0.3) is 0 Å². The van der Waals surface area contributed by atoms with E-state index in [1.165, 1.54) is 0 Å². The van der Waals surface area contributed by atoms with Gasteiger partial charge in [0.1, 0.15) is 5.78 Å². The molecule has 74 valence electrons. The van der Waals surface area contributed by atoms with Crippen LogP contribution in [0.3, 0.4) is 0 Å². The number of carbonyl (C=O) groups is 1. The predicted octanol–water partition coefficient (Wildman–Crippen LogP) is 0.0298. The number of hydrogen-bond donors (Lipinski definition) is 0. The summed E-state index contributed by atoms with van der Waals surface area (Å²) < 4.78 is 11.0. The van der Waals surface area contributed by atoms with Crippen molar-refractivity contribution >= 4 is 16.6 Å². The zero-order chi connectivity index (χ0) is 9.26. The molecule has 1 aliphatic heterocycles. The molecule has 0 bridgehead atoms. The maximum atomic E-state index is 11.4. The van der Waals surface area contributed by atoms with E-state index < -0.39 is 10.8 Å². The Kier molecular flexibility index (Phi) is 2.79. The lowest BCUT2D eigenvalue weighted by Gasteiger charge is -2.25. The Balaban J connectivity index is 1.75. The molecule has 0 aromatic heterocycles. The van der Waals surface area contributed by atoms with Crippen molar-refractivity contribution in [3.63, 3.8) is 0 Å². The van der Waals surface area contributed by atoms with Gasteiger partial charge in [-0.25, -0.2) is 0 Å². The highest BCUT2D eigenvalue weighted by molar-refractivity contribution is 7.85. The Morgan fingerprint density at radius 1 is 1.31 bits per heavy atom. The molecule has 2 aliphatic rings. The number of nitrogens with zero attached hydrogens (tertiary/aromatic N) is 1. The Morgan fingerprint density at radius 3 is 2.46 bits per heavy atom. The molecule has 4 heteroatoms. The molecule has 1 saturated heterocycles. The zero-order valence-electron chi connectivity index (χ0n) is 7.70. The minimum absolute atomic E-state index is 0.368. The SMILES string of the molecule is O=C(CN1CCS(=O)CC1)C1CC1. The van der Waals surface area contributed by atoms with E-state index in [-0.39, 0.29) is 0 Å². The highest BCUT2D eigenvalue weighted by atomic mass is 32.2. The van der Waals surface area contributed by atoms with E-state index in [0.29, 0.717) is 18.2 Å². The molecule has 0 aromatic carbocycles. The van der Waals surface area contributed by atoms with E-state index in [0.717, 1.165) is 37.4 Å². The number of carbonyl (C=O) groups excluding carboxylic acids is 1. The second-order valence-corrected chi connectivity index (χ2v) is 5.56. The van der Waals surface area contributed by atoms with Crippen molar-refractivity contribution < 1.29 is 9.00 Å². The zero-order valence-corrected chi connectivity index (χ0v) is 8.52. The largest absolute Gasteiger partial charge is 0.298 e. The fourth-order valence-corrected chi connectivity index (χ4v) is 2.72.